The molecular formula is C53H73ClF2N18O6. The molecule has 0 aliphatic carbocycles. The zero-order valence-electron chi connectivity index (χ0n) is 45.3. The molecule has 0 amide bonds. The number of benzene rings is 2. The molecule has 6 atom stereocenters. The number of aromatic nitrogens is 12. The smallest absolute Gasteiger partial charge is 0.368 e. The second-order valence-corrected chi connectivity index (χ2v) is 22.6. The van der Waals surface area contributed by atoms with Gasteiger partial charge in [0.2, 0.25) is 11.2 Å². The van der Waals surface area contributed by atoms with Gasteiger partial charge < -0.3 is 40.6 Å². The van der Waals surface area contributed by atoms with E-state index >= 15 is 0 Å². The van der Waals surface area contributed by atoms with E-state index in [1.807, 2.05) is 0 Å². The Balaban J connectivity index is 0.000000159. The first kappa shape index (κ1) is 57.8. The molecule has 6 saturated heterocycles. The van der Waals surface area contributed by atoms with Crippen molar-refractivity contribution in [2.24, 2.45) is 14.1 Å². The number of nitrogens with two attached hydrogens (primary N) is 1. The lowest BCUT2D eigenvalue weighted by atomic mass is 9.84. The monoisotopic (exact) mass is 1130 g/mol. The van der Waals surface area contributed by atoms with Gasteiger partial charge in [0.05, 0.1) is 38.8 Å². The summed E-state index contributed by atoms with van der Waals surface area (Å²) in [6.07, 6.45) is 12.5. The van der Waals surface area contributed by atoms with Crippen molar-refractivity contribution in [2.45, 2.75) is 147 Å². The van der Waals surface area contributed by atoms with Crippen molar-refractivity contribution in [3.8, 4) is 22.9 Å². The van der Waals surface area contributed by atoms with E-state index < -0.39 is 17.3 Å². The average molecular weight is 1130 g/mol. The number of aryl methyl sites for hydroxylation is 2. The molecule has 0 saturated carbocycles. The summed E-state index contributed by atoms with van der Waals surface area (Å²) in [5, 5.41) is 25.1. The van der Waals surface area contributed by atoms with Gasteiger partial charge in [0.25, 0.3) is 0 Å². The van der Waals surface area contributed by atoms with Crippen LogP contribution in [-0.4, -0.2) is 156 Å². The fraction of sp³-hybridized carbons (Fsp3) is 0.585. The first-order valence-electron chi connectivity index (χ1n) is 26.9. The van der Waals surface area contributed by atoms with Crippen LogP contribution in [0, 0.1) is 11.6 Å². The highest BCUT2D eigenvalue weighted by atomic mass is 35.5. The lowest BCUT2D eigenvalue weighted by Crippen LogP contribution is -2.55. The van der Waals surface area contributed by atoms with Gasteiger partial charge in [-0.1, -0.05) is 7.43 Å². The number of fused-ring (bicyclic) bond motifs is 2. The molecule has 4 aromatic heterocycles. The molecule has 80 heavy (non-hydrogen) atoms. The Labute approximate surface area is 467 Å². The Kier molecular flexibility index (Phi) is 17.7. The number of ether oxygens (including phenoxy) is 4. The van der Waals surface area contributed by atoms with E-state index in [4.69, 9.17) is 36.3 Å². The minimum absolute atomic E-state index is 0. The fourth-order valence-electron chi connectivity index (χ4n) is 11.9. The van der Waals surface area contributed by atoms with Crippen LogP contribution in [-0.2, 0) is 23.6 Å². The number of anilines is 5. The predicted octanol–water partition coefficient (Wildman–Crippen LogP) is 6.06. The Morgan fingerprint density at radius 1 is 0.688 bits per heavy atom. The van der Waals surface area contributed by atoms with Crippen LogP contribution in [0.2, 0.25) is 5.28 Å². The molecule has 0 radical (unpaired) electrons. The van der Waals surface area contributed by atoms with Gasteiger partial charge in [0.1, 0.15) is 35.1 Å². The average Bonchev–Trinajstić information content (AvgIpc) is 4.32. The standard InChI is InChI=1S/C26H34FN9O3.C14H20ClFN4.C12H15N5O3.CH4/c1-26(2)13-17(11-18-5-4-9-35(18)26)29-23-20(27)14-28-24(31-23)30-16-6-7-22(39-19-8-10-38-15-19)21(12-16)36-25(37)34(3)32-33-36;1-14(2)7-9(6-10-4-3-5-20(10)14)18-12-11(16)8-17-13(15)19-12;1-16-12(18)17(15-14-16)10-6-8(13)2-3-11(10)20-9-4-5-19-7-9;/h6-7,12,14,17-19H,4-5,8-11,13,15H2,1-3H3,(H2,28,29,30,31);8-10H,3-7H2,1-2H3,(H,17,18,19);2-3,6,9H,4-5,7,13H2,1H3;1H4/t17-,18+,19-;9-,10+;9-;/m111./s1. The molecule has 6 aliphatic rings. The van der Waals surface area contributed by atoms with E-state index in [0.29, 0.717) is 72.8 Å². The molecule has 432 valence electrons. The van der Waals surface area contributed by atoms with Crippen molar-refractivity contribution in [1.29, 1.82) is 0 Å². The van der Waals surface area contributed by atoms with Crippen LogP contribution in [0.4, 0.5) is 37.7 Å². The van der Waals surface area contributed by atoms with Crippen LogP contribution >= 0.6 is 11.6 Å². The summed E-state index contributed by atoms with van der Waals surface area (Å²) in [6.45, 7) is 13.7. The first-order valence-corrected chi connectivity index (χ1v) is 27.3. The van der Waals surface area contributed by atoms with Gasteiger partial charge in [0, 0.05) is 73.6 Å². The maximum absolute atomic E-state index is 14.8. The van der Waals surface area contributed by atoms with Crippen LogP contribution in [0.5, 0.6) is 11.5 Å². The molecule has 0 unspecified atom stereocenters. The third-order valence-electron chi connectivity index (χ3n) is 15.5. The van der Waals surface area contributed by atoms with Gasteiger partial charge in [-0.05, 0) is 161 Å². The topological polar surface area (TPSA) is 262 Å². The Bertz CT molecular complexity index is 3220. The number of halogens is 3. The molecule has 10 heterocycles. The third-order valence-corrected chi connectivity index (χ3v) is 15.7. The minimum atomic E-state index is -0.499. The van der Waals surface area contributed by atoms with Crippen LogP contribution in [0.1, 0.15) is 99.3 Å². The minimum Gasteiger partial charge on any atom is -0.486 e. The van der Waals surface area contributed by atoms with Crippen LogP contribution in [0.25, 0.3) is 11.4 Å². The summed E-state index contributed by atoms with van der Waals surface area (Å²) in [4.78, 5) is 46.0. The summed E-state index contributed by atoms with van der Waals surface area (Å²) in [7, 11) is 3.06. The molecule has 6 aromatic rings. The summed E-state index contributed by atoms with van der Waals surface area (Å²) in [5.41, 5.74) is 7.19. The maximum atomic E-state index is 14.8. The predicted molar refractivity (Wildman–Crippen MR) is 297 cm³/mol. The zero-order chi connectivity index (χ0) is 55.6. The molecular weight excluding hydrogens is 1060 g/mol. The number of piperidine rings is 2. The van der Waals surface area contributed by atoms with Gasteiger partial charge >= 0.3 is 11.4 Å². The highest BCUT2D eigenvalue weighted by Crippen LogP contribution is 2.40. The number of rotatable bonds is 12. The fourth-order valence-corrected chi connectivity index (χ4v) is 12.0. The summed E-state index contributed by atoms with van der Waals surface area (Å²) >= 11 is 5.74. The van der Waals surface area contributed by atoms with E-state index in [1.165, 1.54) is 61.9 Å². The SMILES string of the molecule is C.CC1(C)C[C@H](Nc2nc(Cl)ncc2F)C[C@@H]2CCCN21.Cn1nnn(-c2cc(N)ccc2O[C@@H]2CCOC2)c1=O.Cn1nnn(-c2cc(Nc3ncc(F)c(N[C@@H]4C[C@@H]5CCCN5C(C)(C)C4)n3)ccc2O[C@@H]2CCOC2)c1=O. The van der Waals surface area contributed by atoms with Gasteiger partial charge in [-0.2, -0.15) is 28.7 Å². The number of hydrogen-bond acceptors (Lipinski definition) is 20. The first-order chi connectivity index (χ1) is 37.9. The molecule has 24 nitrogen and oxygen atoms in total. The van der Waals surface area contributed by atoms with Crippen molar-refractivity contribution in [2.75, 3.05) is 61.2 Å². The number of nitrogens with one attached hydrogen (secondary N) is 3. The van der Waals surface area contributed by atoms with Gasteiger partial charge in [-0.25, -0.2) is 28.3 Å². The van der Waals surface area contributed by atoms with Crippen LogP contribution < -0.4 is 42.5 Å². The number of nitrogens with zero attached hydrogens (tertiary/aromatic N) is 14. The summed E-state index contributed by atoms with van der Waals surface area (Å²) in [6, 6.07) is 11.8. The number of nitrogen functional groups attached to an aromatic ring is 1. The molecule has 6 fully saturated rings. The van der Waals surface area contributed by atoms with Crippen molar-refractivity contribution in [3.05, 3.63) is 86.7 Å². The van der Waals surface area contributed by atoms with E-state index in [0.717, 1.165) is 60.6 Å². The Morgan fingerprint density at radius 2 is 1.19 bits per heavy atom. The number of tetrazole rings is 2. The van der Waals surface area contributed by atoms with Gasteiger partial charge in [-0.15, -0.1) is 0 Å². The van der Waals surface area contributed by atoms with Crippen molar-refractivity contribution >= 4 is 40.6 Å². The molecule has 27 heteroatoms. The quantitative estimate of drug-likeness (QED) is 0.0801. The van der Waals surface area contributed by atoms with E-state index in [9.17, 15) is 18.4 Å². The molecule has 12 rings (SSSR count). The van der Waals surface area contributed by atoms with E-state index in [-0.39, 0.29) is 71.4 Å². The number of hydrogen-bond donors (Lipinski definition) is 4. The largest absolute Gasteiger partial charge is 0.486 e. The lowest BCUT2D eigenvalue weighted by Gasteiger charge is -2.47. The molecule has 2 aromatic carbocycles. The molecule has 0 bridgehead atoms. The van der Waals surface area contributed by atoms with Gasteiger partial charge in [-0.3, -0.25) is 9.80 Å². The highest BCUT2D eigenvalue weighted by Gasteiger charge is 2.44. The Morgan fingerprint density at radius 3 is 1.69 bits per heavy atom. The zero-order valence-corrected chi connectivity index (χ0v) is 46.1. The second-order valence-electron chi connectivity index (χ2n) is 22.2. The summed E-state index contributed by atoms with van der Waals surface area (Å²) < 4.78 is 55.8. The van der Waals surface area contributed by atoms with E-state index in [1.54, 1.807) is 36.4 Å². The van der Waals surface area contributed by atoms with Gasteiger partial charge in [0.15, 0.2) is 23.3 Å². The molecule has 6 aliphatic heterocycles. The van der Waals surface area contributed by atoms with Crippen LogP contribution in [0.15, 0.2) is 58.4 Å². The molecule has 5 N–H and O–H groups in total. The second kappa shape index (κ2) is 24.5. The highest BCUT2D eigenvalue weighted by molar-refractivity contribution is 6.28. The Hall–Kier alpha value is -6.87. The van der Waals surface area contributed by atoms with E-state index in [2.05, 4.69) is 94.2 Å². The third kappa shape index (κ3) is 13.1. The maximum Gasteiger partial charge on any atom is 0.368 e. The molecule has 0 spiro atoms. The summed E-state index contributed by atoms with van der Waals surface area (Å²) in [5.74, 6) is 0.692. The van der Waals surface area contributed by atoms with Crippen molar-refractivity contribution < 1.29 is 27.7 Å². The van der Waals surface area contributed by atoms with Crippen LogP contribution in [0.3, 0.4) is 0 Å². The normalized spacial score (nSPS) is 23.8. The lowest BCUT2D eigenvalue weighted by molar-refractivity contribution is 0.0498. The van der Waals surface area contributed by atoms with Crippen molar-refractivity contribution in [1.82, 2.24) is 69.3 Å². The van der Waals surface area contributed by atoms with Crippen molar-refractivity contribution in [3.63, 3.8) is 0 Å².